The average Bonchev–Trinajstić information content (AvgIpc) is 0.674. The molecule has 6 heterocycles. The molecule has 6 aliphatic heterocycles. The molecule has 6 saturated heterocycles. The maximum Gasteiger partial charge on any atom is 0.335 e. The first-order valence-electron chi connectivity index (χ1n) is 35.2. The van der Waals surface area contributed by atoms with Crippen molar-refractivity contribution < 1.29 is 162 Å². The number of carboxylic acids is 1. The van der Waals surface area contributed by atoms with E-state index in [4.69, 9.17) is 66.3 Å². The number of esters is 3. The van der Waals surface area contributed by atoms with E-state index in [0.29, 0.717) is 57.8 Å². The van der Waals surface area contributed by atoms with Gasteiger partial charge < -0.3 is 143 Å². The van der Waals surface area contributed by atoms with Crippen LogP contribution in [-0.4, -0.2) is 300 Å². The van der Waals surface area contributed by atoms with Crippen molar-refractivity contribution in [1.29, 1.82) is 0 Å². The largest absolute Gasteiger partial charge is 0.479 e. The van der Waals surface area contributed by atoms with E-state index in [1.165, 1.54) is 13.8 Å². The number of aldehydes is 1. The van der Waals surface area contributed by atoms with Crippen LogP contribution in [0.15, 0.2) is 11.6 Å². The molecule has 11 aliphatic rings. The Morgan fingerprint density at radius 1 is 0.525 bits per heavy atom. The van der Waals surface area contributed by atoms with Gasteiger partial charge in [-0.1, -0.05) is 53.2 Å². The summed E-state index contributed by atoms with van der Waals surface area (Å²) < 4.78 is 84.7. The van der Waals surface area contributed by atoms with Gasteiger partial charge in [0.1, 0.15) is 104 Å². The Balaban J connectivity index is 0.870. The molecule has 11 rings (SSSR count). The van der Waals surface area contributed by atoms with Crippen LogP contribution in [0.3, 0.4) is 0 Å². The maximum absolute atomic E-state index is 15.9. The first-order valence-corrected chi connectivity index (χ1v) is 35.2. The first-order chi connectivity index (χ1) is 47.3. The third kappa shape index (κ3) is 13.9. The van der Waals surface area contributed by atoms with Gasteiger partial charge in [-0.25, -0.2) is 4.79 Å². The molecule has 0 amide bonds. The number of hydrogen-bond donors (Lipinski definition) is 14. The van der Waals surface area contributed by atoms with Gasteiger partial charge in [0.2, 0.25) is 6.29 Å². The van der Waals surface area contributed by atoms with Gasteiger partial charge in [-0.2, -0.15) is 0 Å². The number of rotatable bonds is 17. The summed E-state index contributed by atoms with van der Waals surface area (Å²) in [5.74, 6) is -4.99. The molecule has 10 fully saturated rings. The second-order valence-electron chi connectivity index (χ2n) is 31.8. The maximum atomic E-state index is 15.9. The Bertz CT molecular complexity index is 3010. The van der Waals surface area contributed by atoms with Crippen LogP contribution in [0.4, 0.5) is 0 Å². The number of fused-ring (bicyclic) bond motifs is 7. The molecular weight excluding hydrogens is 1340 g/mol. The van der Waals surface area contributed by atoms with E-state index in [0.717, 1.165) is 25.7 Å². The van der Waals surface area contributed by atoms with E-state index < -0.39 is 261 Å². The molecule has 33 heteroatoms. The highest BCUT2D eigenvalue weighted by Crippen LogP contribution is 2.76. The highest BCUT2D eigenvalue weighted by molar-refractivity contribution is 5.79. The van der Waals surface area contributed by atoms with Gasteiger partial charge in [-0.05, 0) is 117 Å². The fourth-order valence-corrected chi connectivity index (χ4v) is 19.3. The standard InChI is InChI=1S/C68H104O33/c1-26-48(96-56-43(80)38(75)32(73)23-88-56)42(79)46(83)58(90-26)100-54-52(93-29(4)72)49(92-28(3)71)27(2)91-60(54)101-62(87)68-19-17-63(5,6)21-31(68)30-11-12-36-64(7)15-14-37(65(8,25-70)35(64)13-16-67(36,10)66(30,9)18-20-68)95-61-53(99-59-45(82)41(78)40(77)34(22-69)94-59)50(47(84)51(98-61)55(85)86)97-57-44(81)39(76)33(74)24-89-57/h11,25-27,31-54,56-61,69,73-84H,12-24H2,1-10H3,(H,85,86). The molecule has 0 aromatic carbocycles. The van der Waals surface area contributed by atoms with Gasteiger partial charge >= 0.3 is 23.9 Å². The molecular formula is C68H104O33. The summed E-state index contributed by atoms with van der Waals surface area (Å²) in [4.78, 5) is 68.9. The van der Waals surface area contributed by atoms with Crippen molar-refractivity contribution in [3.63, 3.8) is 0 Å². The van der Waals surface area contributed by atoms with E-state index >= 15 is 4.79 Å². The Morgan fingerprint density at radius 2 is 1.06 bits per heavy atom. The lowest BCUT2D eigenvalue weighted by Crippen LogP contribution is -2.69. The Labute approximate surface area is 583 Å². The van der Waals surface area contributed by atoms with Crippen molar-refractivity contribution in [2.75, 3.05) is 19.8 Å². The Morgan fingerprint density at radius 3 is 1.65 bits per heavy atom. The number of hydrogen-bond acceptors (Lipinski definition) is 32. The van der Waals surface area contributed by atoms with Crippen LogP contribution in [0.2, 0.25) is 0 Å². The van der Waals surface area contributed by atoms with Gasteiger partial charge in [0.25, 0.3) is 0 Å². The lowest BCUT2D eigenvalue weighted by molar-refractivity contribution is -0.391. The number of aliphatic hydroxyl groups is 13. The summed E-state index contributed by atoms with van der Waals surface area (Å²) in [5.41, 5.74) is -3.51. The van der Waals surface area contributed by atoms with Crippen LogP contribution in [0.25, 0.3) is 0 Å². The van der Waals surface area contributed by atoms with Crippen LogP contribution < -0.4 is 0 Å². The zero-order chi connectivity index (χ0) is 73.9. The van der Waals surface area contributed by atoms with Crippen molar-refractivity contribution in [3.05, 3.63) is 11.6 Å². The fraction of sp³-hybridized carbons (Fsp3) is 0.897. The molecule has 0 aromatic rings. The van der Waals surface area contributed by atoms with Crippen LogP contribution in [0, 0.1) is 50.2 Å². The number of ether oxygens (including phenoxy) is 14. The molecule has 0 radical (unpaired) electrons. The average molecular weight is 1450 g/mol. The number of carbonyl (C=O) groups excluding carboxylic acids is 4. The van der Waals surface area contributed by atoms with Crippen molar-refractivity contribution in [1.82, 2.24) is 0 Å². The van der Waals surface area contributed by atoms with E-state index in [1.807, 2.05) is 0 Å². The predicted octanol–water partition coefficient (Wildman–Crippen LogP) is -2.64. The molecule has 5 aliphatic carbocycles. The summed E-state index contributed by atoms with van der Waals surface area (Å²) in [6, 6.07) is 0. The van der Waals surface area contributed by atoms with Crippen molar-refractivity contribution >= 4 is 30.2 Å². The van der Waals surface area contributed by atoms with Gasteiger partial charge in [0.15, 0.2) is 55.9 Å². The van der Waals surface area contributed by atoms with Crippen molar-refractivity contribution in [2.24, 2.45) is 50.2 Å². The number of allylic oxidation sites excluding steroid dienone is 2. The minimum atomic E-state index is -2.20. The molecule has 0 aromatic heterocycles. The molecule has 101 heavy (non-hydrogen) atoms. The van der Waals surface area contributed by atoms with Gasteiger partial charge in [0, 0.05) is 13.8 Å². The minimum Gasteiger partial charge on any atom is -0.479 e. The second kappa shape index (κ2) is 29.5. The first kappa shape index (κ1) is 78.4. The SMILES string of the molecule is CC(=O)OC1C(C)OC(OC(=O)C23CCC(C)(C)CC2C2=CCC4C5(C)CCC(OC6OC(C(=O)O)C(O)C(OC7OCC(O)C(O)C7O)C6OC6OC(CO)C(O)C(O)C6O)C(C)(C=O)C5CCC4(C)C2(C)CC3)C(OC2OC(C)C(OC3OCC(O)C(O)C3O)C(O)C2O)C1OC(C)=O. The fourth-order valence-electron chi connectivity index (χ4n) is 19.3. The number of carbonyl (C=O) groups is 5. The zero-order valence-electron chi connectivity index (χ0n) is 58.3. The number of carboxylic acid groups (broad SMARTS) is 1. The zero-order valence-corrected chi connectivity index (χ0v) is 58.3. The van der Waals surface area contributed by atoms with Crippen molar-refractivity contribution in [3.8, 4) is 0 Å². The summed E-state index contributed by atoms with van der Waals surface area (Å²) >= 11 is 0. The van der Waals surface area contributed by atoms with Crippen LogP contribution in [-0.2, 0) is 90.3 Å². The minimum absolute atomic E-state index is 0.111. The molecule has 33 nitrogen and oxygen atoms in total. The normalized spacial score (nSPS) is 52.0. The van der Waals surface area contributed by atoms with E-state index in [-0.39, 0.29) is 17.8 Å². The Hall–Kier alpha value is -3.67. The topological polar surface area (TPSA) is 498 Å². The van der Waals surface area contributed by atoms with E-state index in [1.54, 1.807) is 6.92 Å². The molecule has 574 valence electrons. The third-order valence-electron chi connectivity index (χ3n) is 25.3. The van der Waals surface area contributed by atoms with Gasteiger partial charge in [-0.15, -0.1) is 0 Å². The van der Waals surface area contributed by atoms with Gasteiger partial charge in [-0.3, -0.25) is 14.4 Å². The lowest BCUT2D eigenvalue weighted by atomic mass is 9.33. The van der Waals surface area contributed by atoms with Gasteiger partial charge in [0.05, 0.1) is 49.0 Å². The van der Waals surface area contributed by atoms with Crippen LogP contribution in [0.1, 0.15) is 133 Å². The molecule has 14 N–H and O–H groups in total. The van der Waals surface area contributed by atoms with Crippen molar-refractivity contribution in [2.45, 2.75) is 312 Å². The molecule has 37 unspecified atom stereocenters. The van der Waals surface area contributed by atoms with Crippen LogP contribution >= 0.6 is 0 Å². The molecule has 0 bridgehead atoms. The molecule has 4 saturated carbocycles. The van der Waals surface area contributed by atoms with E-state index in [9.17, 15) is 90.7 Å². The van der Waals surface area contributed by atoms with E-state index in [2.05, 4.69) is 40.7 Å². The second-order valence-corrected chi connectivity index (χ2v) is 31.8. The number of aliphatic hydroxyl groups excluding tert-OH is 13. The highest BCUT2D eigenvalue weighted by atomic mass is 16.8. The lowest BCUT2D eigenvalue weighted by Gasteiger charge is -2.71. The summed E-state index contributed by atoms with van der Waals surface area (Å²) in [6.07, 6.45) is -42.6. The predicted molar refractivity (Wildman–Crippen MR) is 333 cm³/mol. The summed E-state index contributed by atoms with van der Waals surface area (Å²) in [5, 5.41) is 151. The third-order valence-corrected chi connectivity index (χ3v) is 25.3. The quantitative estimate of drug-likeness (QED) is 0.0233. The summed E-state index contributed by atoms with van der Waals surface area (Å²) in [7, 11) is 0. The molecule has 0 spiro atoms. The number of aliphatic carboxylic acids is 1. The summed E-state index contributed by atoms with van der Waals surface area (Å²) in [6.45, 7) is 16.0. The Kier molecular flexibility index (Phi) is 22.9. The highest BCUT2D eigenvalue weighted by Gasteiger charge is 2.72. The monoisotopic (exact) mass is 1450 g/mol. The molecule has 37 atom stereocenters. The smallest absolute Gasteiger partial charge is 0.335 e. The van der Waals surface area contributed by atoms with Crippen LogP contribution in [0.5, 0.6) is 0 Å².